The normalized spacial score (nSPS) is 12.8. The molecule has 1 unspecified atom stereocenters. The van der Waals surface area contributed by atoms with Gasteiger partial charge in [0.1, 0.15) is 5.82 Å². The summed E-state index contributed by atoms with van der Waals surface area (Å²) in [4.78, 5) is 6.59. The van der Waals surface area contributed by atoms with Crippen LogP contribution in [-0.4, -0.2) is 43.7 Å². The highest BCUT2D eigenvalue weighted by molar-refractivity contribution is 5.38. The summed E-state index contributed by atoms with van der Waals surface area (Å²) < 4.78 is 5.14. The molecule has 1 aromatic rings. The number of hydrogen-bond acceptors (Lipinski definition) is 4. The molecule has 0 aromatic carbocycles. The van der Waals surface area contributed by atoms with Crippen molar-refractivity contribution in [3.8, 4) is 5.88 Å². The van der Waals surface area contributed by atoms with E-state index in [1.807, 2.05) is 18.2 Å². The van der Waals surface area contributed by atoms with Gasteiger partial charge in [-0.15, -0.1) is 0 Å². The van der Waals surface area contributed by atoms with E-state index < -0.39 is 0 Å². The summed E-state index contributed by atoms with van der Waals surface area (Å²) in [6, 6.07) is 6.19. The summed E-state index contributed by atoms with van der Waals surface area (Å²) in [6.45, 7) is 5.48. The maximum atomic E-state index is 5.14. The molecule has 0 saturated heterocycles. The molecule has 102 valence electrons. The van der Waals surface area contributed by atoms with Crippen LogP contribution < -0.4 is 10.1 Å². The maximum Gasteiger partial charge on any atom is 0.214 e. The van der Waals surface area contributed by atoms with Gasteiger partial charge in [0.2, 0.25) is 5.88 Å². The summed E-state index contributed by atoms with van der Waals surface area (Å²) in [5, 5.41) is 3.48. The van der Waals surface area contributed by atoms with E-state index in [9.17, 15) is 0 Å². The number of methoxy groups -OCH3 is 1. The Morgan fingerprint density at radius 2 is 2.06 bits per heavy atom. The number of likely N-dealkylation sites (N-methyl/N-ethyl adjacent to an activating group) is 1. The van der Waals surface area contributed by atoms with Gasteiger partial charge < -0.3 is 15.0 Å². The Kier molecular flexibility index (Phi) is 5.92. The van der Waals surface area contributed by atoms with Crippen LogP contribution in [-0.2, 0) is 0 Å². The van der Waals surface area contributed by atoms with Crippen molar-refractivity contribution >= 4 is 5.82 Å². The van der Waals surface area contributed by atoms with Crippen LogP contribution in [0, 0.1) is 5.92 Å². The molecule has 0 bridgehead atoms. The summed E-state index contributed by atoms with van der Waals surface area (Å²) in [5.41, 5.74) is 0. The molecule has 1 N–H and O–H groups in total. The van der Waals surface area contributed by atoms with Crippen molar-refractivity contribution in [1.29, 1.82) is 0 Å². The first-order valence-electron chi connectivity index (χ1n) is 6.43. The SMILES string of the molecule is COc1cccc(NC(CC(C)C)CN(C)C)n1. The number of rotatable bonds is 7. The lowest BCUT2D eigenvalue weighted by Crippen LogP contribution is -2.33. The highest BCUT2D eigenvalue weighted by atomic mass is 16.5. The fourth-order valence-electron chi connectivity index (χ4n) is 2.01. The van der Waals surface area contributed by atoms with Crippen LogP contribution in [0.3, 0.4) is 0 Å². The van der Waals surface area contributed by atoms with E-state index in [1.165, 1.54) is 0 Å². The molecule has 0 aliphatic carbocycles. The van der Waals surface area contributed by atoms with Crippen LogP contribution >= 0.6 is 0 Å². The van der Waals surface area contributed by atoms with E-state index in [0.29, 0.717) is 17.8 Å². The van der Waals surface area contributed by atoms with Crippen LogP contribution in [0.15, 0.2) is 18.2 Å². The minimum absolute atomic E-state index is 0.402. The molecule has 1 aromatic heterocycles. The minimum Gasteiger partial charge on any atom is -0.481 e. The predicted octanol–water partition coefficient (Wildman–Crippen LogP) is 2.48. The zero-order valence-electron chi connectivity index (χ0n) is 12.1. The molecule has 18 heavy (non-hydrogen) atoms. The molecule has 4 heteroatoms. The van der Waals surface area contributed by atoms with Gasteiger partial charge in [0.25, 0.3) is 0 Å². The van der Waals surface area contributed by atoms with Gasteiger partial charge >= 0.3 is 0 Å². The van der Waals surface area contributed by atoms with Crippen molar-refractivity contribution in [2.24, 2.45) is 5.92 Å². The molecule has 4 nitrogen and oxygen atoms in total. The average Bonchev–Trinajstić information content (AvgIpc) is 2.27. The fourth-order valence-corrected chi connectivity index (χ4v) is 2.01. The molecule has 0 aliphatic rings. The summed E-state index contributed by atoms with van der Waals surface area (Å²) in [5.74, 6) is 2.18. The Bertz CT molecular complexity index is 343. The Morgan fingerprint density at radius 3 is 2.61 bits per heavy atom. The van der Waals surface area contributed by atoms with E-state index in [1.54, 1.807) is 7.11 Å². The summed E-state index contributed by atoms with van der Waals surface area (Å²) in [6.07, 6.45) is 1.12. The smallest absolute Gasteiger partial charge is 0.214 e. The van der Waals surface area contributed by atoms with Crippen molar-refractivity contribution in [2.75, 3.05) is 33.1 Å². The van der Waals surface area contributed by atoms with Crippen LogP contribution in [0.4, 0.5) is 5.82 Å². The molecule has 0 amide bonds. The Morgan fingerprint density at radius 1 is 1.33 bits per heavy atom. The summed E-state index contributed by atoms with van der Waals surface area (Å²) in [7, 11) is 5.82. The number of aromatic nitrogens is 1. The standard InChI is InChI=1S/C14H25N3O/c1-11(2)9-12(10-17(3)4)15-13-7-6-8-14(16-13)18-5/h6-8,11-12H,9-10H2,1-5H3,(H,15,16). The number of nitrogens with zero attached hydrogens (tertiary/aromatic N) is 2. The van der Waals surface area contributed by atoms with Crippen LogP contribution in [0.2, 0.25) is 0 Å². The third kappa shape index (κ3) is 5.36. The second-order valence-corrected chi connectivity index (χ2v) is 5.30. The van der Waals surface area contributed by atoms with Crippen LogP contribution in [0.25, 0.3) is 0 Å². The number of hydrogen-bond donors (Lipinski definition) is 1. The van der Waals surface area contributed by atoms with E-state index >= 15 is 0 Å². The largest absolute Gasteiger partial charge is 0.481 e. The Hall–Kier alpha value is -1.29. The highest BCUT2D eigenvalue weighted by Gasteiger charge is 2.12. The molecule has 0 fully saturated rings. The number of anilines is 1. The van der Waals surface area contributed by atoms with Gasteiger partial charge in [0.15, 0.2) is 0 Å². The zero-order valence-corrected chi connectivity index (χ0v) is 12.1. The molecule has 1 rings (SSSR count). The van der Waals surface area contributed by atoms with Crippen LogP contribution in [0.1, 0.15) is 20.3 Å². The Labute approximate surface area is 110 Å². The van der Waals surface area contributed by atoms with Gasteiger partial charge in [-0.05, 0) is 32.5 Å². The third-order valence-corrected chi connectivity index (χ3v) is 2.63. The molecular formula is C14H25N3O. The summed E-state index contributed by atoms with van der Waals surface area (Å²) >= 11 is 0. The zero-order chi connectivity index (χ0) is 13.5. The number of nitrogens with one attached hydrogen (secondary N) is 1. The van der Waals surface area contributed by atoms with Crippen molar-refractivity contribution < 1.29 is 4.74 Å². The molecule has 0 saturated carbocycles. The fraction of sp³-hybridized carbons (Fsp3) is 0.643. The van der Waals surface area contributed by atoms with Gasteiger partial charge in [0.05, 0.1) is 7.11 Å². The van der Waals surface area contributed by atoms with E-state index in [4.69, 9.17) is 4.74 Å². The molecule has 0 spiro atoms. The average molecular weight is 251 g/mol. The van der Waals surface area contributed by atoms with Crippen molar-refractivity contribution in [2.45, 2.75) is 26.3 Å². The molecular weight excluding hydrogens is 226 g/mol. The first kappa shape index (κ1) is 14.8. The minimum atomic E-state index is 0.402. The lowest BCUT2D eigenvalue weighted by atomic mass is 10.0. The van der Waals surface area contributed by atoms with Gasteiger partial charge in [-0.2, -0.15) is 4.98 Å². The number of ether oxygens (including phenoxy) is 1. The first-order chi connectivity index (χ1) is 8.51. The van der Waals surface area contributed by atoms with Crippen LogP contribution in [0.5, 0.6) is 5.88 Å². The second-order valence-electron chi connectivity index (χ2n) is 5.30. The molecule has 1 atom stereocenters. The van der Waals surface area contributed by atoms with Crippen molar-refractivity contribution in [3.05, 3.63) is 18.2 Å². The lowest BCUT2D eigenvalue weighted by Gasteiger charge is -2.24. The monoisotopic (exact) mass is 251 g/mol. The number of pyridine rings is 1. The topological polar surface area (TPSA) is 37.4 Å². The third-order valence-electron chi connectivity index (χ3n) is 2.63. The predicted molar refractivity (Wildman–Crippen MR) is 76.2 cm³/mol. The molecule has 0 radical (unpaired) electrons. The highest BCUT2D eigenvalue weighted by Crippen LogP contribution is 2.15. The lowest BCUT2D eigenvalue weighted by molar-refractivity contribution is 0.355. The Balaban J connectivity index is 2.68. The molecule has 0 aliphatic heterocycles. The van der Waals surface area contributed by atoms with E-state index in [0.717, 1.165) is 18.8 Å². The van der Waals surface area contributed by atoms with E-state index in [-0.39, 0.29) is 0 Å². The van der Waals surface area contributed by atoms with Gasteiger partial charge in [0, 0.05) is 18.7 Å². The van der Waals surface area contributed by atoms with Gasteiger partial charge in [-0.1, -0.05) is 19.9 Å². The van der Waals surface area contributed by atoms with Gasteiger partial charge in [-0.3, -0.25) is 0 Å². The van der Waals surface area contributed by atoms with Crippen molar-refractivity contribution in [1.82, 2.24) is 9.88 Å². The van der Waals surface area contributed by atoms with E-state index in [2.05, 4.69) is 43.1 Å². The quantitative estimate of drug-likeness (QED) is 0.808. The second kappa shape index (κ2) is 7.21. The van der Waals surface area contributed by atoms with Crippen molar-refractivity contribution in [3.63, 3.8) is 0 Å². The van der Waals surface area contributed by atoms with Gasteiger partial charge in [-0.25, -0.2) is 0 Å². The molecule has 1 heterocycles. The maximum absolute atomic E-state index is 5.14. The first-order valence-corrected chi connectivity index (χ1v) is 6.43.